The van der Waals surface area contributed by atoms with E-state index in [4.69, 9.17) is 9.15 Å². The van der Waals surface area contributed by atoms with E-state index in [1.54, 1.807) is 6.26 Å². The highest BCUT2D eigenvalue weighted by Crippen LogP contribution is 2.22. The lowest BCUT2D eigenvalue weighted by Crippen LogP contribution is -2.32. The molecular formula is C16H20BrNO3. The van der Waals surface area contributed by atoms with Crippen molar-refractivity contribution >= 4 is 15.9 Å². The van der Waals surface area contributed by atoms with Crippen LogP contribution in [0, 0.1) is 0 Å². The highest BCUT2D eigenvalue weighted by Gasteiger charge is 2.11. The van der Waals surface area contributed by atoms with Crippen LogP contribution in [-0.4, -0.2) is 24.4 Å². The molecule has 0 aliphatic rings. The van der Waals surface area contributed by atoms with Gasteiger partial charge in [-0.1, -0.05) is 34.1 Å². The van der Waals surface area contributed by atoms with Gasteiger partial charge in [0.15, 0.2) is 0 Å². The minimum atomic E-state index is -0.551. The zero-order chi connectivity index (χ0) is 15.1. The molecule has 2 atom stereocenters. The molecular weight excluding hydrogens is 334 g/mol. The molecule has 4 nitrogen and oxygen atoms in total. The highest BCUT2D eigenvalue weighted by atomic mass is 79.9. The Bertz CT molecular complexity index is 530. The molecule has 21 heavy (non-hydrogen) atoms. The van der Waals surface area contributed by atoms with Gasteiger partial charge in [-0.25, -0.2) is 0 Å². The molecule has 0 bridgehead atoms. The van der Waals surface area contributed by atoms with Gasteiger partial charge in [0.1, 0.15) is 12.4 Å². The van der Waals surface area contributed by atoms with Crippen LogP contribution in [0.15, 0.2) is 51.6 Å². The number of nitrogens with one attached hydrogen (secondary N) is 1. The van der Waals surface area contributed by atoms with E-state index in [-0.39, 0.29) is 12.6 Å². The van der Waals surface area contributed by atoms with E-state index in [0.29, 0.717) is 13.2 Å². The maximum absolute atomic E-state index is 9.91. The summed E-state index contributed by atoms with van der Waals surface area (Å²) in [5, 5.41) is 13.2. The van der Waals surface area contributed by atoms with Crippen molar-refractivity contribution in [2.45, 2.75) is 25.7 Å². The minimum Gasteiger partial charge on any atom is -0.467 e. The van der Waals surface area contributed by atoms with Crippen molar-refractivity contribution in [3.8, 4) is 0 Å². The summed E-state index contributed by atoms with van der Waals surface area (Å²) in [5.74, 6) is 0.761. The molecule has 0 saturated carbocycles. The molecule has 1 unspecified atom stereocenters. The molecule has 0 aliphatic heterocycles. The van der Waals surface area contributed by atoms with Crippen molar-refractivity contribution in [1.82, 2.24) is 5.32 Å². The first-order chi connectivity index (χ1) is 10.2. The highest BCUT2D eigenvalue weighted by molar-refractivity contribution is 9.10. The zero-order valence-corrected chi connectivity index (χ0v) is 13.5. The van der Waals surface area contributed by atoms with Crippen molar-refractivity contribution in [3.63, 3.8) is 0 Å². The monoisotopic (exact) mass is 353 g/mol. The summed E-state index contributed by atoms with van der Waals surface area (Å²) in [4.78, 5) is 0. The molecule has 0 aliphatic carbocycles. The average molecular weight is 354 g/mol. The Morgan fingerprint density at radius 2 is 2.10 bits per heavy atom. The number of furan rings is 1. The van der Waals surface area contributed by atoms with Crippen LogP contribution in [0.5, 0.6) is 0 Å². The van der Waals surface area contributed by atoms with Crippen LogP contribution in [0.2, 0.25) is 0 Å². The molecule has 2 aromatic rings. The van der Waals surface area contributed by atoms with E-state index >= 15 is 0 Å². The van der Waals surface area contributed by atoms with E-state index in [2.05, 4.69) is 34.2 Å². The second-order valence-corrected chi connectivity index (χ2v) is 5.75. The van der Waals surface area contributed by atoms with Gasteiger partial charge in [-0.15, -0.1) is 0 Å². The van der Waals surface area contributed by atoms with Gasteiger partial charge in [0, 0.05) is 17.1 Å². The van der Waals surface area contributed by atoms with Gasteiger partial charge in [0.25, 0.3) is 0 Å². The third kappa shape index (κ3) is 5.28. The Morgan fingerprint density at radius 1 is 1.29 bits per heavy atom. The van der Waals surface area contributed by atoms with Gasteiger partial charge in [-0.05, 0) is 30.7 Å². The van der Waals surface area contributed by atoms with E-state index in [1.807, 2.05) is 30.3 Å². The average Bonchev–Trinajstić information content (AvgIpc) is 2.98. The molecule has 0 spiro atoms. The molecule has 2 rings (SSSR count). The van der Waals surface area contributed by atoms with Crippen LogP contribution in [0.4, 0.5) is 0 Å². The van der Waals surface area contributed by atoms with Crippen molar-refractivity contribution in [1.29, 1.82) is 0 Å². The lowest BCUT2D eigenvalue weighted by atomic mass is 10.1. The van der Waals surface area contributed by atoms with Crippen molar-refractivity contribution in [2.75, 3.05) is 13.2 Å². The Hall–Kier alpha value is -1.14. The van der Waals surface area contributed by atoms with Gasteiger partial charge in [-0.2, -0.15) is 0 Å². The topological polar surface area (TPSA) is 54.6 Å². The number of aliphatic hydroxyl groups excluding tert-OH is 1. The summed E-state index contributed by atoms with van der Waals surface area (Å²) in [6.07, 6.45) is 1.06. The number of ether oxygens (including phenoxy) is 1. The normalized spacial score (nSPS) is 14.0. The number of benzene rings is 1. The number of hydrogen-bond acceptors (Lipinski definition) is 4. The number of rotatable bonds is 8. The lowest BCUT2D eigenvalue weighted by Gasteiger charge is -2.18. The summed E-state index contributed by atoms with van der Waals surface area (Å²) < 4.78 is 11.6. The largest absolute Gasteiger partial charge is 0.467 e. The van der Waals surface area contributed by atoms with E-state index < -0.39 is 6.10 Å². The first kappa shape index (κ1) is 16.2. The second-order valence-electron chi connectivity index (χ2n) is 4.90. The fraction of sp³-hybridized carbons (Fsp3) is 0.375. The first-order valence-electron chi connectivity index (χ1n) is 6.93. The predicted octanol–water partition coefficient (Wildman–Crippen LogP) is 3.27. The van der Waals surface area contributed by atoms with E-state index in [0.717, 1.165) is 10.2 Å². The standard InChI is InChI=1S/C16H20BrNO3/c1-12(15-6-2-3-7-16(15)17)18-9-13(19)10-20-11-14-5-4-8-21-14/h2-8,12-13,18-19H,9-11H2,1H3/t12-,13?/m1/s1. The molecule has 114 valence electrons. The maximum Gasteiger partial charge on any atom is 0.129 e. The molecule has 0 radical (unpaired) electrons. The summed E-state index contributed by atoms with van der Waals surface area (Å²) >= 11 is 3.53. The number of aliphatic hydroxyl groups is 1. The predicted molar refractivity (Wildman–Crippen MR) is 84.9 cm³/mol. The second kappa shape index (κ2) is 8.34. The zero-order valence-electron chi connectivity index (χ0n) is 12.0. The third-order valence-corrected chi connectivity index (χ3v) is 3.89. The lowest BCUT2D eigenvalue weighted by molar-refractivity contribution is 0.0217. The maximum atomic E-state index is 9.91. The third-order valence-electron chi connectivity index (χ3n) is 3.17. The summed E-state index contributed by atoms with van der Waals surface area (Å²) in [6, 6.07) is 11.9. The van der Waals surface area contributed by atoms with Gasteiger partial charge in [0.2, 0.25) is 0 Å². The Balaban J connectivity index is 1.68. The van der Waals surface area contributed by atoms with Crippen molar-refractivity contribution in [3.05, 3.63) is 58.5 Å². The molecule has 0 amide bonds. The molecule has 0 saturated heterocycles. The summed E-state index contributed by atoms with van der Waals surface area (Å²) in [6.45, 7) is 3.19. The molecule has 1 aromatic carbocycles. The van der Waals surface area contributed by atoms with Crippen LogP contribution < -0.4 is 5.32 Å². The first-order valence-corrected chi connectivity index (χ1v) is 7.72. The molecule has 5 heteroatoms. The Kier molecular flexibility index (Phi) is 6.45. The van der Waals surface area contributed by atoms with Gasteiger partial charge < -0.3 is 19.6 Å². The van der Waals surface area contributed by atoms with Gasteiger partial charge >= 0.3 is 0 Å². The van der Waals surface area contributed by atoms with E-state index in [1.165, 1.54) is 5.56 Å². The summed E-state index contributed by atoms with van der Waals surface area (Å²) in [7, 11) is 0. The van der Waals surface area contributed by atoms with Crippen LogP contribution >= 0.6 is 15.9 Å². The fourth-order valence-corrected chi connectivity index (χ4v) is 2.63. The van der Waals surface area contributed by atoms with Crippen molar-refractivity contribution in [2.24, 2.45) is 0 Å². The van der Waals surface area contributed by atoms with E-state index in [9.17, 15) is 5.11 Å². The molecule has 1 heterocycles. The molecule has 1 aromatic heterocycles. The van der Waals surface area contributed by atoms with Crippen LogP contribution in [0.1, 0.15) is 24.3 Å². The SMILES string of the molecule is C[C@@H](NCC(O)COCc1ccco1)c1ccccc1Br. The fourth-order valence-electron chi connectivity index (χ4n) is 2.00. The van der Waals surface area contributed by atoms with Crippen molar-refractivity contribution < 1.29 is 14.3 Å². The van der Waals surface area contributed by atoms with Crippen LogP contribution in [0.3, 0.4) is 0 Å². The summed E-state index contributed by atoms with van der Waals surface area (Å²) in [5.41, 5.74) is 1.17. The number of halogens is 1. The molecule has 0 fully saturated rings. The Labute approximate surface area is 133 Å². The quantitative estimate of drug-likeness (QED) is 0.764. The number of hydrogen-bond donors (Lipinski definition) is 2. The Morgan fingerprint density at radius 3 is 2.81 bits per heavy atom. The van der Waals surface area contributed by atoms with Crippen LogP contribution in [-0.2, 0) is 11.3 Å². The van der Waals surface area contributed by atoms with Crippen LogP contribution in [0.25, 0.3) is 0 Å². The smallest absolute Gasteiger partial charge is 0.129 e. The van der Waals surface area contributed by atoms with Gasteiger partial charge in [0.05, 0.1) is 19.0 Å². The molecule has 2 N–H and O–H groups in total. The van der Waals surface area contributed by atoms with Gasteiger partial charge in [-0.3, -0.25) is 0 Å². The minimum absolute atomic E-state index is 0.153.